The number of rotatable bonds is 2. The smallest absolute Gasteiger partial charge is 0.408 e. The van der Waals surface area contributed by atoms with Crippen molar-refractivity contribution < 1.29 is 14.1 Å². The van der Waals surface area contributed by atoms with Gasteiger partial charge in [-0.05, 0) is 34.6 Å². The van der Waals surface area contributed by atoms with E-state index in [0.717, 1.165) is 0 Å². The van der Waals surface area contributed by atoms with E-state index in [1.165, 1.54) is 0 Å². The molecule has 1 unspecified atom stereocenters. The van der Waals surface area contributed by atoms with Crippen molar-refractivity contribution in [1.82, 2.24) is 15.5 Å². The molecule has 1 amide bonds. The predicted molar refractivity (Wildman–Crippen MR) is 56.8 cm³/mol. The Balaban J connectivity index is 2.52. The molecule has 16 heavy (non-hydrogen) atoms. The first-order valence-electron chi connectivity index (χ1n) is 5.07. The summed E-state index contributed by atoms with van der Waals surface area (Å²) in [5.41, 5.74) is -0.519. The number of hydrogen-bond donors (Lipinski definition) is 1. The van der Waals surface area contributed by atoms with Gasteiger partial charge in [0.05, 0.1) is 0 Å². The number of alkyl carbamates (subject to hydrolysis) is 1. The summed E-state index contributed by atoms with van der Waals surface area (Å²) in [7, 11) is 0. The third kappa shape index (κ3) is 3.88. The van der Waals surface area contributed by atoms with Gasteiger partial charge in [0.15, 0.2) is 5.82 Å². The molecule has 0 saturated carbocycles. The van der Waals surface area contributed by atoms with Crippen LogP contribution in [0.25, 0.3) is 0 Å². The highest BCUT2D eigenvalue weighted by Crippen LogP contribution is 2.11. The van der Waals surface area contributed by atoms with Crippen LogP contribution in [0.15, 0.2) is 4.52 Å². The summed E-state index contributed by atoms with van der Waals surface area (Å²) in [6, 6.07) is -0.365. The third-order valence-corrected chi connectivity index (χ3v) is 1.65. The molecule has 0 aliphatic carbocycles. The van der Waals surface area contributed by atoms with Crippen LogP contribution in [0.2, 0.25) is 0 Å². The lowest BCUT2D eigenvalue weighted by molar-refractivity contribution is 0.0499. The molecular weight excluding hydrogens is 210 g/mol. The van der Waals surface area contributed by atoms with Crippen LogP contribution >= 0.6 is 0 Å². The van der Waals surface area contributed by atoms with E-state index in [-0.39, 0.29) is 6.04 Å². The summed E-state index contributed by atoms with van der Waals surface area (Å²) in [6.07, 6.45) is -0.504. The molecule has 0 fully saturated rings. The SMILES string of the molecule is Cc1noc(C(C)NC(=O)OC(C)(C)C)n1. The van der Waals surface area contributed by atoms with Crippen molar-refractivity contribution in [3.63, 3.8) is 0 Å². The van der Waals surface area contributed by atoms with Gasteiger partial charge in [0.25, 0.3) is 0 Å². The van der Waals surface area contributed by atoms with Crippen LogP contribution in [0.3, 0.4) is 0 Å². The highest BCUT2D eigenvalue weighted by Gasteiger charge is 2.20. The highest BCUT2D eigenvalue weighted by molar-refractivity contribution is 5.68. The summed E-state index contributed by atoms with van der Waals surface area (Å²) in [5, 5.41) is 6.25. The lowest BCUT2D eigenvalue weighted by Gasteiger charge is -2.20. The number of amides is 1. The lowest BCUT2D eigenvalue weighted by Crippen LogP contribution is -2.34. The fourth-order valence-corrected chi connectivity index (χ4v) is 1.04. The second-order valence-electron chi connectivity index (χ2n) is 4.55. The van der Waals surface area contributed by atoms with Crippen molar-refractivity contribution in [1.29, 1.82) is 0 Å². The highest BCUT2D eigenvalue weighted by atomic mass is 16.6. The fraction of sp³-hybridized carbons (Fsp3) is 0.700. The Morgan fingerprint density at radius 3 is 2.56 bits per heavy atom. The quantitative estimate of drug-likeness (QED) is 0.835. The minimum atomic E-state index is -0.519. The average molecular weight is 227 g/mol. The van der Waals surface area contributed by atoms with Crippen molar-refractivity contribution in [3.05, 3.63) is 11.7 Å². The van der Waals surface area contributed by atoms with Crippen molar-refractivity contribution >= 4 is 6.09 Å². The molecule has 1 aromatic rings. The first-order chi connectivity index (χ1) is 7.28. The maximum atomic E-state index is 11.4. The average Bonchev–Trinajstić information content (AvgIpc) is 2.47. The van der Waals surface area contributed by atoms with Gasteiger partial charge in [0, 0.05) is 0 Å². The molecular formula is C10H17N3O3. The largest absolute Gasteiger partial charge is 0.444 e. The molecule has 0 bridgehead atoms. The lowest BCUT2D eigenvalue weighted by atomic mass is 10.2. The number of ether oxygens (including phenoxy) is 1. The van der Waals surface area contributed by atoms with Crippen LogP contribution in [-0.2, 0) is 4.74 Å². The molecule has 1 rings (SSSR count). The molecule has 0 radical (unpaired) electrons. The van der Waals surface area contributed by atoms with E-state index in [1.807, 2.05) is 0 Å². The minimum absolute atomic E-state index is 0.364. The number of nitrogens with one attached hydrogen (secondary N) is 1. The summed E-state index contributed by atoms with van der Waals surface area (Å²) < 4.78 is 10.0. The van der Waals surface area contributed by atoms with Gasteiger partial charge in [-0.3, -0.25) is 0 Å². The van der Waals surface area contributed by atoms with Crippen LogP contribution < -0.4 is 5.32 Å². The Morgan fingerprint density at radius 1 is 1.50 bits per heavy atom. The van der Waals surface area contributed by atoms with Gasteiger partial charge in [-0.2, -0.15) is 4.98 Å². The number of carbonyl (C=O) groups excluding carboxylic acids is 1. The van der Waals surface area contributed by atoms with Crippen molar-refractivity contribution in [2.75, 3.05) is 0 Å². The van der Waals surface area contributed by atoms with Gasteiger partial charge in [-0.1, -0.05) is 5.16 Å². The zero-order valence-corrected chi connectivity index (χ0v) is 10.2. The molecule has 0 aliphatic rings. The third-order valence-electron chi connectivity index (χ3n) is 1.65. The predicted octanol–water partition coefficient (Wildman–Crippen LogP) is 1.96. The number of nitrogens with zero attached hydrogens (tertiary/aromatic N) is 2. The molecule has 1 aromatic heterocycles. The van der Waals surface area contributed by atoms with Crippen molar-refractivity contribution in [3.8, 4) is 0 Å². The normalized spacial score (nSPS) is 13.3. The molecule has 1 atom stereocenters. The van der Waals surface area contributed by atoms with Crippen molar-refractivity contribution in [2.24, 2.45) is 0 Å². The molecule has 1 N–H and O–H groups in total. The first-order valence-corrected chi connectivity index (χ1v) is 5.07. The maximum absolute atomic E-state index is 11.4. The van der Waals surface area contributed by atoms with Gasteiger partial charge in [0.1, 0.15) is 11.6 Å². The van der Waals surface area contributed by atoms with E-state index < -0.39 is 11.7 Å². The maximum Gasteiger partial charge on any atom is 0.408 e. The van der Waals surface area contributed by atoms with Crippen LogP contribution in [0.4, 0.5) is 4.79 Å². The van der Waals surface area contributed by atoms with Crippen LogP contribution in [0, 0.1) is 6.92 Å². The van der Waals surface area contributed by atoms with Crippen LogP contribution in [-0.4, -0.2) is 21.8 Å². The minimum Gasteiger partial charge on any atom is -0.444 e. The van der Waals surface area contributed by atoms with Gasteiger partial charge in [-0.15, -0.1) is 0 Å². The second kappa shape index (κ2) is 4.51. The zero-order chi connectivity index (χ0) is 12.3. The van der Waals surface area contributed by atoms with E-state index in [0.29, 0.717) is 11.7 Å². The Labute approximate surface area is 94.4 Å². The molecule has 0 saturated heterocycles. The number of carbonyl (C=O) groups is 1. The standard InChI is InChI=1S/C10H17N3O3/c1-6(8-12-7(2)13-16-8)11-9(14)15-10(3,4)5/h6H,1-5H3,(H,11,14). The molecule has 0 aliphatic heterocycles. The molecule has 0 aromatic carbocycles. The number of hydrogen-bond acceptors (Lipinski definition) is 5. The van der Waals surface area contributed by atoms with Gasteiger partial charge in [-0.25, -0.2) is 4.79 Å². The Kier molecular flexibility index (Phi) is 3.51. The monoisotopic (exact) mass is 227 g/mol. The number of aromatic nitrogens is 2. The molecule has 6 nitrogen and oxygen atoms in total. The van der Waals surface area contributed by atoms with Crippen LogP contribution in [0.1, 0.15) is 45.5 Å². The van der Waals surface area contributed by atoms with Gasteiger partial charge < -0.3 is 14.6 Å². The van der Waals surface area contributed by atoms with E-state index in [4.69, 9.17) is 9.26 Å². The summed E-state index contributed by atoms with van der Waals surface area (Å²) in [4.78, 5) is 15.4. The Hall–Kier alpha value is -1.59. The summed E-state index contributed by atoms with van der Waals surface area (Å²) in [5.74, 6) is 0.899. The summed E-state index contributed by atoms with van der Waals surface area (Å²) >= 11 is 0. The second-order valence-corrected chi connectivity index (χ2v) is 4.55. The van der Waals surface area contributed by atoms with Gasteiger partial charge in [0.2, 0.25) is 5.89 Å². The molecule has 1 heterocycles. The fourth-order valence-electron chi connectivity index (χ4n) is 1.04. The Morgan fingerprint density at radius 2 is 2.12 bits per heavy atom. The van der Waals surface area contributed by atoms with E-state index >= 15 is 0 Å². The van der Waals surface area contributed by atoms with Gasteiger partial charge >= 0.3 is 6.09 Å². The van der Waals surface area contributed by atoms with E-state index in [9.17, 15) is 4.79 Å². The van der Waals surface area contributed by atoms with E-state index in [1.54, 1.807) is 34.6 Å². The Bertz CT molecular complexity index is 368. The molecule has 6 heteroatoms. The summed E-state index contributed by atoms with van der Waals surface area (Å²) in [6.45, 7) is 8.86. The van der Waals surface area contributed by atoms with E-state index in [2.05, 4.69) is 15.5 Å². The van der Waals surface area contributed by atoms with Crippen LogP contribution in [0.5, 0.6) is 0 Å². The number of aryl methyl sites for hydroxylation is 1. The topological polar surface area (TPSA) is 77.2 Å². The zero-order valence-electron chi connectivity index (χ0n) is 10.2. The first kappa shape index (κ1) is 12.5. The van der Waals surface area contributed by atoms with Crippen molar-refractivity contribution in [2.45, 2.75) is 46.3 Å². The molecule has 90 valence electrons. The molecule has 0 spiro atoms.